The summed E-state index contributed by atoms with van der Waals surface area (Å²) in [6.45, 7) is 0.812. The number of hydrogen-bond acceptors (Lipinski definition) is 5. The van der Waals surface area contributed by atoms with Gasteiger partial charge in [0.05, 0.1) is 0 Å². The summed E-state index contributed by atoms with van der Waals surface area (Å²) in [6, 6.07) is 3.87. The van der Waals surface area contributed by atoms with Gasteiger partial charge in [-0.25, -0.2) is 0 Å². The molecule has 3 heterocycles. The van der Waals surface area contributed by atoms with Crippen LogP contribution in [0.1, 0.15) is 5.56 Å². The number of rotatable bonds is 4. The zero-order valence-corrected chi connectivity index (χ0v) is 10.9. The van der Waals surface area contributed by atoms with Crippen molar-refractivity contribution in [1.29, 1.82) is 0 Å². The molecule has 5 nitrogen and oxygen atoms in total. The molecule has 92 valence electrons. The Morgan fingerprint density at radius 1 is 1.44 bits per heavy atom. The van der Waals surface area contributed by atoms with Crippen LogP contribution in [0.4, 0.5) is 5.82 Å². The van der Waals surface area contributed by atoms with Crippen molar-refractivity contribution in [3.63, 3.8) is 0 Å². The molecule has 0 aliphatic heterocycles. The second-order valence-corrected chi connectivity index (χ2v) is 4.91. The summed E-state index contributed by atoms with van der Waals surface area (Å²) in [7, 11) is 0. The number of fused-ring (bicyclic) bond motifs is 1. The number of hydrogen-bond donors (Lipinski definition) is 1. The maximum atomic E-state index is 5.93. The quantitative estimate of drug-likeness (QED) is 0.746. The van der Waals surface area contributed by atoms with E-state index in [1.807, 2.05) is 0 Å². The minimum absolute atomic E-state index is 0.411. The van der Waals surface area contributed by atoms with Gasteiger partial charge in [0, 0.05) is 12.6 Å². The van der Waals surface area contributed by atoms with Crippen molar-refractivity contribution in [3.8, 4) is 0 Å². The summed E-state index contributed by atoms with van der Waals surface area (Å²) in [5.41, 5.74) is 1.32. The average Bonchev–Trinajstić information content (AvgIpc) is 2.98. The molecule has 0 aromatic carbocycles. The number of aromatic nitrogens is 4. The third kappa shape index (κ3) is 2.30. The predicted octanol–water partition coefficient (Wildman–Crippen LogP) is 2.49. The van der Waals surface area contributed by atoms with E-state index in [9.17, 15) is 0 Å². The number of nitrogens with zero attached hydrogens (tertiary/aromatic N) is 4. The molecule has 0 aliphatic rings. The molecular formula is C11H10ClN5S. The minimum Gasteiger partial charge on any atom is -0.369 e. The van der Waals surface area contributed by atoms with Crippen LogP contribution in [-0.2, 0) is 6.42 Å². The zero-order valence-electron chi connectivity index (χ0n) is 9.38. The highest BCUT2D eigenvalue weighted by atomic mass is 35.5. The van der Waals surface area contributed by atoms with Gasteiger partial charge in [-0.05, 0) is 28.8 Å². The van der Waals surface area contributed by atoms with Gasteiger partial charge >= 0.3 is 0 Å². The first kappa shape index (κ1) is 11.4. The Hall–Kier alpha value is -1.66. The van der Waals surface area contributed by atoms with Gasteiger partial charge in [0.1, 0.15) is 17.3 Å². The van der Waals surface area contributed by atoms with E-state index in [1.165, 1.54) is 11.9 Å². The van der Waals surface area contributed by atoms with Crippen LogP contribution < -0.4 is 5.32 Å². The molecule has 0 amide bonds. The summed E-state index contributed by atoms with van der Waals surface area (Å²) in [5.74, 6) is 1.30. The van der Waals surface area contributed by atoms with Crippen LogP contribution in [0.25, 0.3) is 5.78 Å². The van der Waals surface area contributed by atoms with Gasteiger partial charge in [-0.2, -0.15) is 30.9 Å². The maximum Gasteiger partial charge on any atom is 0.255 e. The lowest BCUT2D eigenvalue weighted by Crippen LogP contribution is -2.09. The van der Waals surface area contributed by atoms with Gasteiger partial charge in [0.25, 0.3) is 5.78 Å². The van der Waals surface area contributed by atoms with E-state index in [4.69, 9.17) is 11.6 Å². The Kier molecular flexibility index (Phi) is 3.12. The molecule has 0 fully saturated rings. The predicted molar refractivity (Wildman–Crippen MR) is 72.3 cm³/mol. The Morgan fingerprint density at radius 3 is 3.22 bits per heavy atom. The van der Waals surface area contributed by atoms with Gasteiger partial charge in [-0.1, -0.05) is 11.6 Å². The number of halogens is 1. The van der Waals surface area contributed by atoms with Crippen molar-refractivity contribution >= 4 is 34.5 Å². The Morgan fingerprint density at radius 2 is 2.39 bits per heavy atom. The summed E-state index contributed by atoms with van der Waals surface area (Å²) in [6.07, 6.45) is 2.42. The van der Waals surface area contributed by atoms with Crippen LogP contribution in [-0.4, -0.2) is 26.1 Å². The monoisotopic (exact) mass is 279 g/mol. The lowest BCUT2D eigenvalue weighted by molar-refractivity contribution is 0.914. The molecule has 18 heavy (non-hydrogen) atoms. The molecular weight excluding hydrogens is 270 g/mol. The maximum absolute atomic E-state index is 5.93. The number of anilines is 1. The smallest absolute Gasteiger partial charge is 0.255 e. The van der Waals surface area contributed by atoms with E-state index in [-0.39, 0.29) is 0 Å². The van der Waals surface area contributed by atoms with Gasteiger partial charge in [0.2, 0.25) is 0 Å². The van der Waals surface area contributed by atoms with Crippen LogP contribution in [0.5, 0.6) is 0 Å². The lowest BCUT2D eigenvalue weighted by Gasteiger charge is -2.07. The van der Waals surface area contributed by atoms with Gasteiger partial charge in [-0.3, -0.25) is 0 Å². The molecule has 0 unspecified atom stereocenters. The summed E-state index contributed by atoms with van der Waals surface area (Å²) >= 11 is 7.63. The molecule has 0 saturated carbocycles. The van der Waals surface area contributed by atoms with Crippen LogP contribution in [0.15, 0.2) is 29.2 Å². The van der Waals surface area contributed by atoms with E-state index in [0.717, 1.165) is 18.8 Å². The fourth-order valence-corrected chi connectivity index (χ4v) is 2.56. The molecule has 3 aromatic rings. The van der Waals surface area contributed by atoms with E-state index < -0.39 is 0 Å². The first-order valence-electron chi connectivity index (χ1n) is 5.44. The summed E-state index contributed by atoms with van der Waals surface area (Å²) in [5, 5.41) is 12.0. The second kappa shape index (κ2) is 4.91. The van der Waals surface area contributed by atoms with Gasteiger partial charge in [0.15, 0.2) is 0 Å². The first-order chi connectivity index (χ1) is 8.83. The SMILES string of the molecule is Clc1cc(NCCc2ccsc2)n2ncnc2n1. The highest BCUT2D eigenvalue weighted by Gasteiger charge is 2.05. The summed E-state index contributed by atoms with van der Waals surface area (Å²) < 4.78 is 1.64. The highest BCUT2D eigenvalue weighted by Crippen LogP contribution is 2.14. The van der Waals surface area contributed by atoms with Crippen LogP contribution >= 0.6 is 22.9 Å². The number of thiophene rings is 1. The normalized spacial score (nSPS) is 10.9. The standard InChI is InChI=1S/C11H10ClN5S/c12-9-5-10(17-11(16-9)14-7-15-17)13-3-1-8-2-4-18-6-8/h2,4-7,13H,1,3H2. The van der Waals surface area contributed by atoms with E-state index in [2.05, 4.69) is 37.2 Å². The highest BCUT2D eigenvalue weighted by molar-refractivity contribution is 7.07. The van der Waals surface area contributed by atoms with Crippen molar-refractivity contribution in [1.82, 2.24) is 19.6 Å². The van der Waals surface area contributed by atoms with E-state index in [0.29, 0.717) is 10.9 Å². The average molecular weight is 280 g/mol. The summed E-state index contributed by atoms with van der Waals surface area (Å²) in [4.78, 5) is 8.09. The molecule has 0 aliphatic carbocycles. The molecule has 3 aromatic heterocycles. The van der Waals surface area contributed by atoms with Crippen molar-refractivity contribution in [3.05, 3.63) is 39.9 Å². The molecule has 0 radical (unpaired) electrons. The van der Waals surface area contributed by atoms with Crippen molar-refractivity contribution in [2.45, 2.75) is 6.42 Å². The molecule has 0 bridgehead atoms. The fraction of sp³-hybridized carbons (Fsp3) is 0.182. The topological polar surface area (TPSA) is 55.1 Å². The second-order valence-electron chi connectivity index (χ2n) is 3.74. The van der Waals surface area contributed by atoms with Gasteiger partial charge in [-0.15, -0.1) is 0 Å². The molecule has 1 N–H and O–H groups in total. The van der Waals surface area contributed by atoms with Gasteiger partial charge < -0.3 is 5.32 Å². The van der Waals surface area contributed by atoms with Crippen molar-refractivity contribution in [2.75, 3.05) is 11.9 Å². The minimum atomic E-state index is 0.411. The first-order valence-corrected chi connectivity index (χ1v) is 6.76. The fourth-order valence-electron chi connectivity index (χ4n) is 1.68. The lowest BCUT2D eigenvalue weighted by atomic mass is 10.2. The van der Waals surface area contributed by atoms with Crippen LogP contribution in [0, 0.1) is 0 Å². The largest absolute Gasteiger partial charge is 0.369 e. The molecule has 0 spiro atoms. The van der Waals surface area contributed by atoms with Crippen molar-refractivity contribution in [2.24, 2.45) is 0 Å². The van der Waals surface area contributed by atoms with E-state index in [1.54, 1.807) is 21.9 Å². The molecule has 0 atom stereocenters. The third-order valence-corrected chi connectivity index (χ3v) is 3.45. The molecule has 0 saturated heterocycles. The number of nitrogens with one attached hydrogen (secondary N) is 1. The van der Waals surface area contributed by atoms with Crippen LogP contribution in [0.3, 0.4) is 0 Å². The Bertz CT molecular complexity index is 649. The van der Waals surface area contributed by atoms with Crippen molar-refractivity contribution < 1.29 is 0 Å². The zero-order chi connectivity index (χ0) is 12.4. The third-order valence-electron chi connectivity index (χ3n) is 2.52. The van der Waals surface area contributed by atoms with E-state index >= 15 is 0 Å². The molecule has 3 rings (SSSR count). The molecule has 7 heteroatoms. The Balaban J connectivity index is 1.75. The Labute approximate surface area is 112 Å². The van der Waals surface area contributed by atoms with Crippen LogP contribution in [0.2, 0.25) is 5.15 Å².